The Morgan fingerprint density at radius 1 is 0.929 bits per heavy atom. The first-order chi connectivity index (χ1) is 13.3. The van der Waals surface area contributed by atoms with Gasteiger partial charge in [0.1, 0.15) is 6.04 Å². The molecule has 0 unspecified atom stereocenters. The predicted molar refractivity (Wildman–Crippen MR) is 104 cm³/mol. The van der Waals surface area contributed by atoms with Crippen LogP contribution in [0.4, 0.5) is 16.2 Å². The molecule has 146 valence electrons. The van der Waals surface area contributed by atoms with Crippen LogP contribution in [0.1, 0.15) is 24.2 Å². The summed E-state index contributed by atoms with van der Waals surface area (Å²) in [6.07, 6.45) is 0. The topological polar surface area (TPSA) is 114 Å². The fourth-order valence-corrected chi connectivity index (χ4v) is 2.22. The zero-order valence-electron chi connectivity index (χ0n) is 15.5. The number of hydrogen-bond donors (Lipinski definition) is 3. The van der Waals surface area contributed by atoms with Crippen molar-refractivity contribution in [3.63, 3.8) is 0 Å². The molecule has 0 aliphatic heterocycles. The summed E-state index contributed by atoms with van der Waals surface area (Å²) in [6, 6.07) is 13.6. The normalized spacial score (nSPS) is 11.1. The van der Waals surface area contributed by atoms with Crippen molar-refractivity contribution in [2.24, 2.45) is 0 Å². The van der Waals surface area contributed by atoms with Crippen molar-refractivity contribution in [2.45, 2.75) is 19.9 Å². The van der Waals surface area contributed by atoms with E-state index in [4.69, 9.17) is 4.74 Å². The molecule has 0 spiro atoms. The van der Waals surface area contributed by atoms with Crippen molar-refractivity contribution in [1.29, 1.82) is 0 Å². The van der Waals surface area contributed by atoms with Crippen LogP contribution in [0.3, 0.4) is 0 Å². The average molecular weight is 383 g/mol. The summed E-state index contributed by atoms with van der Waals surface area (Å²) in [7, 11) is 0. The fourth-order valence-electron chi connectivity index (χ4n) is 2.22. The molecule has 1 atom stereocenters. The van der Waals surface area contributed by atoms with Crippen molar-refractivity contribution in [1.82, 2.24) is 5.32 Å². The number of hydrogen-bond acceptors (Lipinski definition) is 5. The number of ether oxygens (including phenoxy) is 1. The number of rotatable bonds is 7. The Morgan fingerprint density at radius 3 is 2.29 bits per heavy atom. The lowest BCUT2D eigenvalue weighted by atomic mass is 10.1. The molecule has 0 aliphatic rings. The molecule has 0 aliphatic carbocycles. The van der Waals surface area contributed by atoms with Crippen LogP contribution in [0.2, 0.25) is 0 Å². The standard InChI is InChI=1S/C20H21N3O5/c1-13(21-20(27)23-16-8-4-3-5-9-16)19(26)28-12-18(25)22-17-10-6-7-15(11-17)14(2)24/h3-11,13H,12H2,1-2H3,(H,22,25)(H2,21,23,27)/t13-/m0/s1. The van der Waals surface area contributed by atoms with Crippen LogP contribution in [0, 0.1) is 0 Å². The summed E-state index contributed by atoms with van der Waals surface area (Å²) in [5.74, 6) is -1.44. The number of Topliss-reactive ketones (excluding diaryl/α,β-unsaturated/α-hetero) is 1. The second kappa shape index (κ2) is 9.86. The molecule has 28 heavy (non-hydrogen) atoms. The molecule has 0 radical (unpaired) electrons. The summed E-state index contributed by atoms with van der Waals surface area (Å²) < 4.78 is 4.91. The Labute approximate surface area is 162 Å². The van der Waals surface area contributed by atoms with E-state index in [-0.39, 0.29) is 5.78 Å². The van der Waals surface area contributed by atoms with Crippen LogP contribution in [-0.2, 0) is 14.3 Å². The third-order valence-electron chi connectivity index (χ3n) is 3.63. The molecule has 0 saturated carbocycles. The van der Waals surface area contributed by atoms with Gasteiger partial charge < -0.3 is 20.7 Å². The van der Waals surface area contributed by atoms with Gasteiger partial charge in [0.05, 0.1) is 0 Å². The van der Waals surface area contributed by atoms with E-state index in [0.29, 0.717) is 16.9 Å². The van der Waals surface area contributed by atoms with E-state index in [2.05, 4.69) is 16.0 Å². The van der Waals surface area contributed by atoms with Crippen molar-refractivity contribution in [3.8, 4) is 0 Å². The second-order valence-corrected chi connectivity index (χ2v) is 5.98. The highest BCUT2D eigenvalue weighted by Gasteiger charge is 2.18. The highest BCUT2D eigenvalue weighted by molar-refractivity contribution is 5.98. The lowest BCUT2D eigenvalue weighted by Crippen LogP contribution is -2.42. The highest BCUT2D eigenvalue weighted by atomic mass is 16.5. The number of para-hydroxylation sites is 1. The summed E-state index contributed by atoms with van der Waals surface area (Å²) in [6.45, 7) is 2.35. The van der Waals surface area contributed by atoms with Crippen LogP contribution < -0.4 is 16.0 Å². The second-order valence-electron chi connectivity index (χ2n) is 5.98. The van der Waals surface area contributed by atoms with Crippen LogP contribution >= 0.6 is 0 Å². The highest BCUT2D eigenvalue weighted by Crippen LogP contribution is 2.11. The SMILES string of the molecule is CC(=O)c1cccc(NC(=O)COC(=O)[C@H](C)NC(=O)Nc2ccccc2)c1. The maximum absolute atomic E-state index is 11.9. The van der Waals surface area contributed by atoms with Crippen molar-refractivity contribution >= 4 is 35.1 Å². The third kappa shape index (κ3) is 6.56. The van der Waals surface area contributed by atoms with Crippen LogP contribution in [0.5, 0.6) is 0 Å². The first-order valence-corrected chi connectivity index (χ1v) is 8.55. The number of esters is 1. The molecule has 0 saturated heterocycles. The molecule has 8 nitrogen and oxygen atoms in total. The lowest BCUT2D eigenvalue weighted by molar-refractivity contribution is -0.148. The number of benzene rings is 2. The zero-order chi connectivity index (χ0) is 20.5. The Hall–Kier alpha value is -3.68. The summed E-state index contributed by atoms with van der Waals surface area (Å²) in [5.41, 5.74) is 1.45. The van der Waals surface area contributed by atoms with Crippen LogP contribution in [-0.4, -0.2) is 36.3 Å². The monoisotopic (exact) mass is 383 g/mol. The number of carbonyl (C=O) groups is 4. The van der Waals surface area contributed by atoms with Gasteiger partial charge in [-0.15, -0.1) is 0 Å². The third-order valence-corrected chi connectivity index (χ3v) is 3.63. The van der Waals surface area contributed by atoms with E-state index in [1.807, 2.05) is 6.07 Å². The molecule has 0 heterocycles. The largest absolute Gasteiger partial charge is 0.454 e. The smallest absolute Gasteiger partial charge is 0.328 e. The Morgan fingerprint density at radius 2 is 1.61 bits per heavy atom. The van der Waals surface area contributed by atoms with E-state index < -0.39 is 30.6 Å². The van der Waals surface area contributed by atoms with Gasteiger partial charge in [0, 0.05) is 16.9 Å². The molecule has 3 amide bonds. The number of anilines is 2. The molecular formula is C20H21N3O5. The van der Waals surface area contributed by atoms with Crippen molar-refractivity contribution in [3.05, 3.63) is 60.2 Å². The van der Waals surface area contributed by atoms with Crippen molar-refractivity contribution < 1.29 is 23.9 Å². The summed E-state index contributed by atoms with van der Waals surface area (Å²) >= 11 is 0. The van der Waals surface area contributed by atoms with Gasteiger partial charge in [0.25, 0.3) is 5.91 Å². The van der Waals surface area contributed by atoms with Crippen LogP contribution in [0.15, 0.2) is 54.6 Å². The van der Waals surface area contributed by atoms with Gasteiger partial charge in [0.15, 0.2) is 12.4 Å². The van der Waals surface area contributed by atoms with Gasteiger partial charge in [-0.2, -0.15) is 0 Å². The Bertz CT molecular complexity index is 867. The van der Waals surface area contributed by atoms with Gasteiger partial charge in [-0.1, -0.05) is 30.3 Å². The van der Waals surface area contributed by atoms with Crippen LogP contribution in [0.25, 0.3) is 0 Å². The zero-order valence-corrected chi connectivity index (χ0v) is 15.5. The molecular weight excluding hydrogens is 362 g/mol. The molecule has 0 fully saturated rings. The first kappa shape index (κ1) is 20.6. The summed E-state index contributed by atoms with van der Waals surface area (Å²) in [4.78, 5) is 47.1. The van der Waals surface area contributed by atoms with E-state index in [0.717, 1.165) is 0 Å². The van der Waals surface area contributed by atoms with E-state index in [1.165, 1.54) is 19.9 Å². The maximum atomic E-state index is 11.9. The molecule has 8 heteroatoms. The molecule has 3 N–H and O–H groups in total. The number of urea groups is 1. The predicted octanol–water partition coefficient (Wildman–Crippen LogP) is 2.58. The van der Waals surface area contributed by atoms with Gasteiger partial charge in [0.2, 0.25) is 0 Å². The fraction of sp³-hybridized carbons (Fsp3) is 0.200. The molecule has 2 aromatic carbocycles. The quantitative estimate of drug-likeness (QED) is 0.502. The number of carbonyl (C=O) groups excluding carboxylic acids is 4. The lowest BCUT2D eigenvalue weighted by Gasteiger charge is -2.14. The van der Waals surface area contributed by atoms with Gasteiger partial charge >= 0.3 is 12.0 Å². The minimum atomic E-state index is -0.947. The number of amides is 3. The minimum Gasteiger partial charge on any atom is -0.454 e. The molecule has 0 bridgehead atoms. The van der Waals surface area contributed by atoms with Gasteiger partial charge in [-0.05, 0) is 38.1 Å². The Balaban J connectivity index is 1.77. The first-order valence-electron chi connectivity index (χ1n) is 8.55. The number of ketones is 1. The molecule has 2 aromatic rings. The van der Waals surface area contributed by atoms with E-state index >= 15 is 0 Å². The summed E-state index contributed by atoms with van der Waals surface area (Å²) in [5, 5.41) is 7.54. The van der Waals surface area contributed by atoms with E-state index in [1.54, 1.807) is 42.5 Å². The molecule has 2 rings (SSSR count). The minimum absolute atomic E-state index is 0.129. The van der Waals surface area contributed by atoms with Gasteiger partial charge in [-0.3, -0.25) is 9.59 Å². The average Bonchev–Trinajstić information content (AvgIpc) is 2.66. The Kier molecular flexibility index (Phi) is 7.27. The van der Waals surface area contributed by atoms with E-state index in [9.17, 15) is 19.2 Å². The maximum Gasteiger partial charge on any atom is 0.328 e. The number of nitrogens with one attached hydrogen (secondary N) is 3. The molecule has 0 aromatic heterocycles. The van der Waals surface area contributed by atoms with Gasteiger partial charge in [-0.25, -0.2) is 9.59 Å². The van der Waals surface area contributed by atoms with Crippen molar-refractivity contribution in [2.75, 3.05) is 17.2 Å².